The lowest BCUT2D eigenvalue weighted by Crippen LogP contribution is -2.18. The molecule has 1 aromatic carbocycles. The lowest BCUT2D eigenvalue weighted by Gasteiger charge is -2.07. The van der Waals surface area contributed by atoms with E-state index in [4.69, 9.17) is 9.47 Å². The van der Waals surface area contributed by atoms with Crippen LogP contribution in [0.5, 0.6) is 5.75 Å². The van der Waals surface area contributed by atoms with Gasteiger partial charge in [-0.2, -0.15) is 0 Å². The highest BCUT2D eigenvalue weighted by molar-refractivity contribution is 6.17. The molecular formula is C15H18O5. The first kappa shape index (κ1) is 15.8. The van der Waals surface area contributed by atoms with E-state index in [1.165, 1.54) is 12.1 Å². The summed E-state index contributed by atoms with van der Waals surface area (Å²) in [6, 6.07) is 6.38. The van der Waals surface area contributed by atoms with Crippen LogP contribution in [0, 0.1) is 0 Å². The Bertz CT molecular complexity index is 505. The Balaban J connectivity index is 3.07. The zero-order chi connectivity index (χ0) is 15.0. The Hall–Kier alpha value is -2.30. The van der Waals surface area contributed by atoms with Crippen molar-refractivity contribution < 1.29 is 24.2 Å². The maximum absolute atomic E-state index is 11.9. The molecule has 0 bridgehead atoms. The number of hydrogen-bond acceptors (Lipinski definition) is 5. The monoisotopic (exact) mass is 278 g/mol. The van der Waals surface area contributed by atoms with Crippen LogP contribution in [0.25, 0.3) is 6.08 Å². The summed E-state index contributed by atoms with van der Waals surface area (Å²) in [4.78, 5) is 23.7. The largest absolute Gasteiger partial charge is 0.507 e. The quantitative estimate of drug-likeness (QED) is 0.374. The van der Waals surface area contributed by atoms with Crippen molar-refractivity contribution in [1.82, 2.24) is 0 Å². The summed E-state index contributed by atoms with van der Waals surface area (Å²) >= 11 is 0. The fourth-order valence-corrected chi connectivity index (χ4v) is 1.45. The summed E-state index contributed by atoms with van der Waals surface area (Å²) in [5, 5.41) is 9.68. The molecule has 1 aromatic rings. The molecule has 0 unspecified atom stereocenters. The SMILES string of the molecule is CCCOC(=O)C(=Cc1ccccc1O)C(=O)OCC. The van der Waals surface area contributed by atoms with Crippen molar-refractivity contribution in [2.75, 3.05) is 13.2 Å². The predicted molar refractivity (Wildman–Crippen MR) is 74.0 cm³/mol. The number of aromatic hydroxyl groups is 1. The molecule has 0 radical (unpaired) electrons. The van der Waals surface area contributed by atoms with Gasteiger partial charge < -0.3 is 14.6 Å². The summed E-state index contributed by atoms with van der Waals surface area (Å²) in [7, 11) is 0. The van der Waals surface area contributed by atoms with Crippen LogP contribution in [0.15, 0.2) is 29.8 Å². The first-order valence-electron chi connectivity index (χ1n) is 6.44. The normalized spacial score (nSPS) is 11.0. The van der Waals surface area contributed by atoms with Gasteiger partial charge in [0.15, 0.2) is 0 Å². The van der Waals surface area contributed by atoms with Crippen LogP contribution in [0.4, 0.5) is 0 Å². The lowest BCUT2D eigenvalue weighted by molar-refractivity contribution is -0.146. The van der Waals surface area contributed by atoms with E-state index in [9.17, 15) is 14.7 Å². The molecule has 0 aliphatic rings. The van der Waals surface area contributed by atoms with Crippen LogP contribution in [0.3, 0.4) is 0 Å². The molecule has 0 aliphatic heterocycles. The number of carbonyl (C=O) groups excluding carboxylic acids is 2. The molecule has 1 N–H and O–H groups in total. The van der Waals surface area contributed by atoms with E-state index in [-0.39, 0.29) is 24.5 Å². The van der Waals surface area contributed by atoms with E-state index in [1.54, 1.807) is 25.1 Å². The fourth-order valence-electron chi connectivity index (χ4n) is 1.45. The maximum atomic E-state index is 11.9. The predicted octanol–water partition coefficient (Wildman–Crippen LogP) is 2.29. The molecule has 0 aliphatic carbocycles. The van der Waals surface area contributed by atoms with Crippen LogP contribution in [-0.4, -0.2) is 30.3 Å². The second kappa shape index (κ2) is 7.99. The summed E-state index contributed by atoms with van der Waals surface area (Å²) in [6.45, 7) is 3.87. The van der Waals surface area contributed by atoms with Gasteiger partial charge in [-0.3, -0.25) is 0 Å². The molecule has 0 aromatic heterocycles. The maximum Gasteiger partial charge on any atom is 0.345 e. The third kappa shape index (κ3) is 4.42. The third-order valence-electron chi connectivity index (χ3n) is 2.39. The molecule has 0 heterocycles. The van der Waals surface area contributed by atoms with Crippen LogP contribution in [-0.2, 0) is 19.1 Å². The smallest absolute Gasteiger partial charge is 0.345 e. The number of phenols is 1. The molecule has 108 valence electrons. The third-order valence-corrected chi connectivity index (χ3v) is 2.39. The van der Waals surface area contributed by atoms with Crippen LogP contribution in [0.2, 0.25) is 0 Å². The number of rotatable bonds is 6. The second-order valence-electron chi connectivity index (χ2n) is 3.97. The highest BCUT2D eigenvalue weighted by Crippen LogP contribution is 2.20. The van der Waals surface area contributed by atoms with Crippen LogP contribution in [0.1, 0.15) is 25.8 Å². The minimum Gasteiger partial charge on any atom is -0.507 e. The van der Waals surface area contributed by atoms with E-state index in [0.717, 1.165) is 0 Å². The van der Waals surface area contributed by atoms with Gasteiger partial charge in [-0.05, 0) is 25.5 Å². The number of benzene rings is 1. The van der Waals surface area contributed by atoms with Crippen molar-refractivity contribution in [2.24, 2.45) is 0 Å². The minimum atomic E-state index is -0.767. The number of esters is 2. The Morgan fingerprint density at radius 1 is 1.15 bits per heavy atom. The molecule has 1 rings (SSSR count). The molecule has 0 saturated carbocycles. The Kier molecular flexibility index (Phi) is 6.29. The first-order valence-corrected chi connectivity index (χ1v) is 6.44. The zero-order valence-corrected chi connectivity index (χ0v) is 11.6. The molecular weight excluding hydrogens is 260 g/mol. The van der Waals surface area contributed by atoms with Gasteiger partial charge in [0.1, 0.15) is 11.3 Å². The van der Waals surface area contributed by atoms with E-state index in [0.29, 0.717) is 12.0 Å². The van der Waals surface area contributed by atoms with Crippen molar-refractivity contribution in [1.29, 1.82) is 0 Å². The Morgan fingerprint density at radius 2 is 1.80 bits per heavy atom. The minimum absolute atomic E-state index is 0.0300. The van der Waals surface area contributed by atoms with Crippen molar-refractivity contribution >= 4 is 18.0 Å². The molecule has 0 atom stereocenters. The highest BCUT2D eigenvalue weighted by atomic mass is 16.6. The van der Waals surface area contributed by atoms with Crippen LogP contribution >= 0.6 is 0 Å². The van der Waals surface area contributed by atoms with Gasteiger partial charge in [0.2, 0.25) is 0 Å². The lowest BCUT2D eigenvalue weighted by atomic mass is 10.1. The van der Waals surface area contributed by atoms with Gasteiger partial charge in [-0.1, -0.05) is 25.1 Å². The van der Waals surface area contributed by atoms with Gasteiger partial charge in [0.05, 0.1) is 13.2 Å². The number of phenolic OH excluding ortho intramolecular Hbond substituents is 1. The van der Waals surface area contributed by atoms with Gasteiger partial charge in [0.25, 0.3) is 0 Å². The van der Waals surface area contributed by atoms with Crippen LogP contribution < -0.4 is 0 Å². The molecule has 0 amide bonds. The number of ether oxygens (including phenoxy) is 2. The van der Waals surface area contributed by atoms with E-state index in [1.807, 2.05) is 6.92 Å². The summed E-state index contributed by atoms with van der Waals surface area (Å²) in [5.41, 5.74) is 0.116. The van der Waals surface area contributed by atoms with E-state index in [2.05, 4.69) is 0 Å². The number of hydrogen-bond donors (Lipinski definition) is 1. The molecule has 0 fully saturated rings. The van der Waals surface area contributed by atoms with Crippen molar-refractivity contribution in [3.05, 3.63) is 35.4 Å². The number of carbonyl (C=O) groups is 2. The topological polar surface area (TPSA) is 72.8 Å². The molecule has 5 nitrogen and oxygen atoms in total. The summed E-state index contributed by atoms with van der Waals surface area (Å²) in [5.74, 6) is -1.55. The Morgan fingerprint density at radius 3 is 2.40 bits per heavy atom. The first-order chi connectivity index (χ1) is 9.60. The number of para-hydroxylation sites is 1. The molecule has 0 saturated heterocycles. The standard InChI is InChI=1S/C15H18O5/c1-3-9-20-15(18)12(14(17)19-4-2)10-11-7-5-6-8-13(11)16/h5-8,10,16H,3-4,9H2,1-2H3. The van der Waals surface area contributed by atoms with Gasteiger partial charge >= 0.3 is 11.9 Å². The van der Waals surface area contributed by atoms with Crippen molar-refractivity contribution in [3.63, 3.8) is 0 Å². The zero-order valence-electron chi connectivity index (χ0n) is 11.6. The van der Waals surface area contributed by atoms with Crippen molar-refractivity contribution in [2.45, 2.75) is 20.3 Å². The average Bonchev–Trinajstić information content (AvgIpc) is 2.44. The summed E-state index contributed by atoms with van der Waals surface area (Å²) in [6.07, 6.45) is 1.92. The average molecular weight is 278 g/mol. The molecule has 0 spiro atoms. The molecule has 20 heavy (non-hydrogen) atoms. The van der Waals surface area contributed by atoms with E-state index >= 15 is 0 Å². The van der Waals surface area contributed by atoms with Gasteiger partial charge in [-0.15, -0.1) is 0 Å². The van der Waals surface area contributed by atoms with Gasteiger partial charge in [-0.25, -0.2) is 9.59 Å². The van der Waals surface area contributed by atoms with E-state index < -0.39 is 11.9 Å². The Labute approximate surface area is 117 Å². The highest BCUT2D eigenvalue weighted by Gasteiger charge is 2.21. The second-order valence-corrected chi connectivity index (χ2v) is 3.97. The summed E-state index contributed by atoms with van der Waals surface area (Å²) < 4.78 is 9.77. The fraction of sp³-hybridized carbons (Fsp3) is 0.333. The molecule has 5 heteroatoms. The van der Waals surface area contributed by atoms with Crippen molar-refractivity contribution in [3.8, 4) is 5.75 Å². The van der Waals surface area contributed by atoms with Gasteiger partial charge in [0, 0.05) is 5.56 Å².